The van der Waals surface area contributed by atoms with Crippen LogP contribution in [0.3, 0.4) is 0 Å². The van der Waals surface area contributed by atoms with E-state index in [1.165, 1.54) is 35.3 Å². The Morgan fingerprint density at radius 3 is 2.42 bits per heavy atom. The number of rotatable bonds is 11. The number of sulfonamides is 1. The molecule has 1 aliphatic rings. The zero-order valence-corrected chi connectivity index (χ0v) is 30.8. The molecule has 0 aromatic carbocycles. The van der Waals surface area contributed by atoms with Crippen LogP contribution in [0.4, 0.5) is 18.0 Å². The molecule has 1 N–H and O–H groups in total. The van der Waals surface area contributed by atoms with Gasteiger partial charge in [0.1, 0.15) is 22.3 Å². The highest BCUT2D eigenvalue weighted by Gasteiger charge is 2.48. The van der Waals surface area contributed by atoms with Crippen molar-refractivity contribution in [3.8, 4) is 11.7 Å². The summed E-state index contributed by atoms with van der Waals surface area (Å²) >= 11 is 6.24. The van der Waals surface area contributed by atoms with E-state index in [0.29, 0.717) is 25.2 Å². The van der Waals surface area contributed by atoms with Gasteiger partial charge in [-0.15, -0.1) is 5.10 Å². The van der Waals surface area contributed by atoms with Crippen LogP contribution >= 0.6 is 11.6 Å². The van der Waals surface area contributed by atoms with E-state index in [2.05, 4.69) is 15.2 Å². The Bertz CT molecular complexity index is 1830. The van der Waals surface area contributed by atoms with Gasteiger partial charge in [0.15, 0.2) is 5.82 Å². The molecular formula is C32H43ClF3N7O6S. The minimum absolute atomic E-state index is 0.0867. The van der Waals surface area contributed by atoms with E-state index < -0.39 is 39.7 Å². The zero-order valence-electron chi connectivity index (χ0n) is 29.3. The summed E-state index contributed by atoms with van der Waals surface area (Å²) in [4.78, 5) is 31.4. The summed E-state index contributed by atoms with van der Waals surface area (Å²) in [5, 5.41) is 7.94. The van der Waals surface area contributed by atoms with E-state index in [1.807, 2.05) is 39.3 Å². The van der Waals surface area contributed by atoms with Gasteiger partial charge in [-0.05, 0) is 92.7 Å². The molecule has 4 heterocycles. The standard InChI is InChI=1S/C32H43ClF3N7O6S/c1-20-23(17-37-42(20)14-9-10-21-16-31(7,8)41(18-21)28(45)49-29(2,3)4)50(46,47)40-27(44)22-11-12-24(38-26(22)33)43-15-13-25(39-43)48-19-30(5,6)32(34,35)36/h11-13,15,17,21H,9-10,14,16,18-19H2,1-8H3,(H,40,44)/t21-/m0/s1. The second-order valence-corrected chi connectivity index (χ2v) is 16.7. The van der Waals surface area contributed by atoms with Crippen molar-refractivity contribution in [3.05, 3.63) is 47.0 Å². The lowest BCUT2D eigenvalue weighted by atomic mass is 9.93. The minimum atomic E-state index is -4.48. The summed E-state index contributed by atoms with van der Waals surface area (Å²) in [7, 11) is -4.35. The van der Waals surface area contributed by atoms with Crippen LogP contribution in [0.5, 0.6) is 5.88 Å². The van der Waals surface area contributed by atoms with Gasteiger partial charge < -0.3 is 14.4 Å². The molecule has 0 unspecified atom stereocenters. The Morgan fingerprint density at radius 1 is 1.12 bits per heavy atom. The van der Waals surface area contributed by atoms with Crippen LogP contribution in [0.2, 0.25) is 5.15 Å². The lowest BCUT2D eigenvalue weighted by Gasteiger charge is -2.33. The Labute approximate surface area is 294 Å². The molecule has 0 aliphatic carbocycles. The number of amides is 2. The zero-order chi connectivity index (χ0) is 37.4. The maximum atomic E-state index is 13.2. The van der Waals surface area contributed by atoms with Crippen molar-refractivity contribution in [1.82, 2.24) is 34.2 Å². The molecule has 50 heavy (non-hydrogen) atoms. The normalized spacial score (nSPS) is 16.8. The highest BCUT2D eigenvalue weighted by molar-refractivity contribution is 7.90. The number of nitrogens with zero attached hydrogens (tertiary/aromatic N) is 6. The van der Waals surface area contributed by atoms with Crippen molar-refractivity contribution in [2.45, 2.75) is 103 Å². The van der Waals surface area contributed by atoms with Crippen molar-refractivity contribution in [2.24, 2.45) is 11.3 Å². The lowest BCUT2D eigenvalue weighted by Crippen LogP contribution is -2.45. The minimum Gasteiger partial charge on any atom is -0.476 e. The number of aryl methyl sites for hydroxylation is 1. The Morgan fingerprint density at radius 2 is 1.80 bits per heavy atom. The predicted octanol–water partition coefficient (Wildman–Crippen LogP) is 6.33. The number of halogens is 4. The van der Waals surface area contributed by atoms with Crippen molar-refractivity contribution in [1.29, 1.82) is 0 Å². The van der Waals surface area contributed by atoms with E-state index in [4.69, 9.17) is 21.1 Å². The molecule has 1 atom stereocenters. The topological polar surface area (TPSA) is 151 Å². The SMILES string of the molecule is Cc1c(S(=O)(=O)NC(=O)c2ccc(-n3ccc(OCC(C)(C)C(F)(F)F)n3)nc2Cl)cnn1CCC[C@@H]1CN(C(=O)OC(C)(C)C)C(C)(C)C1. The fourth-order valence-electron chi connectivity index (χ4n) is 5.47. The molecule has 1 aliphatic heterocycles. The summed E-state index contributed by atoms with van der Waals surface area (Å²) in [6, 6.07) is 3.92. The average Bonchev–Trinajstić information content (AvgIpc) is 3.67. The third kappa shape index (κ3) is 9.08. The van der Waals surface area contributed by atoms with Crippen LogP contribution in [0.15, 0.2) is 35.5 Å². The fourth-order valence-corrected chi connectivity index (χ4v) is 6.85. The van der Waals surface area contributed by atoms with Gasteiger partial charge >= 0.3 is 12.3 Å². The molecule has 13 nitrogen and oxygen atoms in total. The maximum absolute atomic E-state index is 13.2. The number of carbonyl (C=O) groups is 2. The van der Waals surface area contributed by atoms with E-state index in [-0.39, 0.29) is 44.9 Å². The third-order valence-electron chi connectivity index (χ3n) is 8.36. The van der Waals surface area contributed by atoms with Crippen LogP contribution in [0, 0.1) is 18.3 Å². The number of nitrogens with one attached hydrogen (secondary N) is 1. The second kappa shape index (κ2) is 14.0. The van der Waals surface area contributed by atoms with Crippen molar-refractivity contribution < 1.29 is 40.7 Å². The van der Waals surface area contributed by atoms with Gasteiger partial charge in [-0.3, -0.25) is 9.48 Å². The fraction of sp³-hybridized carbons (Fsp3) is 0.594. The van der Waals surface area contributed by atoms with Crippen molar-refractivity contribution in [2.75, 3.05) is 13.2 Å². The Hall–Kier alpha value is -3.86. The number of ether oxygens (including phenoxy) is 2. The van der Waals surface area contributed by atoms with E-state index in [1.54, 1.807) is 16.5 Å². The number of likely N-dealkylation sites (tertiary alicyclic amines) is 1. The molecule has 0 radical (unpaired) electrons. The van der Waals surface area contributed by atoms with Crippen molar-refractivity contribution in [3.63, 3.8) is 0 Å². The van der Waals surface area contributed by atoms with Crippen LogP contribution < -0.4 is 9.46 Å². The van der Waals surface area contributed by atoms with Gasteiger partial charge in [0.05, 0.1) is 22.9 Å². The molecule has 3 aromatic heterocycles. The summed E-state index contributed by atoms with van der Waals surface area (Å²) in [5.41, 5.74) is -2.96. The Kier molecular flexibility index (Phi) is 10.9. The largest absolute Gasteiger partial charge is 0.476 e. The monoisotopic (exact) mass is 745 g/mol. The first-order valence-electron chi connectivity index (χ1n) is 15.9. The van der Waals surface area contributed by atoms with Gasteiger partial charge in [-0.1, -0.05) is 11.6 Å². The lowest BCUT2D eigenvalue weighted by molar-refractivity contribution is -0.219. The molecule has 2 amide bonds. The van der Waals surface area contributed by atoms with Gasteiger partial charge in [0.2, 0.25) is 5.88 Å². The van der Waals surface area contributed by atoms with Crippen LogP contribution in [-0.2, 0) is 21.3 Å². The summed E-state index contributed by atoms with van der Waals surface area (Å²) in [5.74, 6) is -0.773. The van der Waals surface area contributed by atoms with Gasteiger partial charge in [0, 0.05) is 30.9 Å². The molecule has 3 aromatic rings. The third-order valence-corrected chi connectivity index (χ3v) is 10.1. The van der Waals surface area contributed by atoms with Crippen LogP contribution in [-0.4, -0.2) is 80.3 Å². The highest BCUT2D eigenvalue weighted by Crippen LogP contribution is 2.38. The molecular weight excluding hydrogens is 703 g/mol. The molecule has 0 spiro atoms. The summed E-state index contributed by atoms with van der Waals surface area (Å²) in [6.07, 6.45) is -0.000921. The van der Waals surface area contributed by atoms with Gasteiger partial charge in [-0.2, -0.15) is 18.3 Å². The first kappa shape index (κ1) is 38.9. The quantitative estimate of drug-likeness (QED) is 0.222. The number of hydrogen-bond acceptors (Lipinski definition) is 9. The molecule has 1 fully saturated rings. The van der Waals surface area contributed by atoms with E-state index >= 15 is 0 Å². The molecule has 18 heteroatoms. The molecule has 0 bridgehead atoms. The first-order chi connectivity index (χ1) is 22.9. The van der Waals surface area contributed by atoms with E-state index in [9.17, 15) is 31.2 Å². The molecule has 276 valence electrons. The smallest absolute Gasteiger partial charge is 0.410 e. The first-order valence-corrected chi connectivity index (χ1v) is 17.8. The van der Waals surface area contributed by atoms with Crippen LogP contribution in [0.1, 0.15) is 83.8 Å². The number of alkyl halides is 3. The van der Waals surface area contributed by atoms with Crippen molar-refractivity contribution >= 4 is 33.6 Å². The molecule has 1 saturated heterocycles. The number of pyridine rings is 1. The molecule has 4 rings (SSSR count). The summed E-state index contributed by atoms with van der Waals surface area (Å²) < 4.78 is 81.3. The van der Waals surface area contributed by atoms with Gasteiger partial charge in [-0.25, -0.2) is 27.6 Å². The number of hydrogen-bond donors (Lipinski definition) is 1. The summed E-state index contributed by atoms with van der Waals surface area (Å²) in [6.45, 7) is 13.4. The predicted molar refractivity (Wildman–Crippen MR) is 178 cm³/mol. The van der Waals surface area contributed by atoms with Crippen LogP contribution in [0.25, 0.3) is 5.82 Å². The average molecular weight is 746 g/mol. The maximum Gasteiger partial charge on any atom is 0.410 e. The Balaban J connectivity index is 1.35. The second-order valence-electron chi connectivity index (χ2n) is 14.6. The number of aromatic nitrogens is 5. The number of carbonyl (C=O) groups excluding carboxylic acids is 2. The highest BCUT2D eigenvalue weighted by atomic mass is 35.5. The van der Waals surface area contributed by atoms with Gasteiger partial charge in [0.25, 0.3) is 15.9 Å². The molecule has 0 saturated carbocycles. The van der Waals surface area contributed by atoms with E-state index in [0.717, 1.165) is 26.7 Å².